The zero-order valence-electron chi connectivity index (χ0n) is 7.65. The van der Waals surface area contributed by atoms with Crippen molar-refractivity contribution in [3.63, 3.8) is 0 Å². The SMILES string of the molecule is N#CCc1cnc(C(F)F)c([N+](=O)[O-])c1I. The van der Waals surface area contributed by atoms with Gasteiger partial charge in [-0.3, -0.25) is 10.1 Å². The molecule has 16 heavy (non-hydrogen) atoms. The molecule has 0 unspecified atom stereocenters. The van der Waals surface area contributed by atoms with Gasteiger partial charge in [-0.2, -0.15) is 5.26 Å². The molecule has 1 heterocycles. The lowest BCUT2D eigenvalue weighted by Gasteiger charge is -2.05. The van der Waals surface area contributed by atoms with Gasteiger partial charge in [-0.15, -0.1) is 0 Å². The van der Waals surface area contributed by atoms with E-state index in [4.69, 9.17) is 5.26 Å². The first-order valence-corrected chi connectivity index (χ1v) is 5.03. The second-order valence-electron chi connectivity index (χ2n) is 2.72. The highest BCUT2D eigenvalue weighted by Crippen LogP contribution is 2.32. The Hall–Kier alpha value is -1.37. The second kappa shape index (κ2) is 5.11. The highest BCUT2D eigenvalue weighted by molar-refractivity contribution is 14.1. The minimum Gasteiger partial charge on any atom is -0.258 e. The van der Waals surface area contributed by atoms with Crippen molar-refractivity contribution in [2.75, 3.05) is 0 Å². The molecule has 0 spiro atoms. The Morgan fingerprint density at radius 2 is 2.31 bits per heavy atom. The molecule has 0 aliphatic rings. The summed E-state index contributed by atoms with van der Waals surface area (Å²) in [6.07, 6.45) is -2.04. The maximum Gasteiger partial charge on any atom is 0.310 e. The largest absolute Gasteiger partial charge is 0.310 e. The van der Waals surface area contributed by atoms with Crippen molar-refractivity contribution in [1.82, 2.24) is 4.98 Å². The number of nitro groups is 1. The molecule has 0 amide bonds. The average molecular weight is 339 g/mol. The van der Waals surface area contributed by atoms with E-state index in [0.29, 0.717) is 0 Å². The van der Waals surface area contributed by atoms with E-state index >= 15 is 0 Å². The molecule has 0 saturated heterocycles. The molecule has 5 nitrogen and oxygen atoms in total. The van der Waals surface area contributed by atoms with E-state index in [-0.39, 0.29) is 15.6 Å². The Kier molecular flexibility index (Phi) is 4.05. The van der Waals surface area contributed by atoms with Crippen LogP contribution in [-0.4, -0.2) is 9.91 Å². The first-order valence-electron chi connectivity index (χ1n) is 3.95. The summed E-state index contributed by atoms with van der Waals surface area (Å²) >= 11 is 1.57. The topological polar surface area (TPSA) is 79.8 Å². The molecule has 0 fully saturated rings. The van der Waals surface area contributed by atoms with Crippen molar-refractivity contribution in [2.45, 2.75) is 12.8 Å². The van der Waals surface area contributed by atoms with Crippen molar-refractivity contribution in [1.29, 1.82) is 5.26 Å². The van der Waals surface area contributed by atoms with E-state index in [9.17, 15) is 18.9 Å². The van der Waals surface area contributed by atoms with Gasteiger partial charge >= 0.3 is 5.69 Å². The summed E-state index contributed by atoms with van der Waals surface area (Å²) < 4.78 is 24.9. The number of hydrogen-bond donors (Lipinski definition) is 0. The van der Waals surface area contributed by atoms with Gasteiger partial charge in [-0.25, -0.2) is 13.8 Å². The van der Waals surface area contributed by atoms with Crippen LogP contribution in [0, 0.1) is 25.0 Å². The monoisotopic (exact) mass is 339 g/mol. The number of rotatable bonds is 3. The summed E-state index contributed by atoms with van der Waals surface area (Å²) in [5.74, 6) is 0. The van der Waals surface area contributed by atoms with Gasteiger partial charge in [-0.1, -0.05) is 0 Å². The predicted molar refractivity (Wildman–Crippen MR) is 57.9 cm³/mol. The molecule has 0 aliphatic carbocycles. The van der Waals surface area contributed by atoms with E-state index < -0.39 is 22.7 Å². The maximum atomic E-state index is 12.5. The molecule has 0 atom stereocenters. The van der Waals surface area contributed by atoms with Gasteiger partial charge in [-0.05, 0) is 22.6 Å². The fraction of sp³-hybridized carbons (Fsp3) is 0.250. The summed E-state index contributed by atoms with van der Waals surface area (Å²) in [4.78, 5) is 13.1. The van der Waals surface area contributed by atoms with Crippen molar-refractivity contribution in [3.8, 4) is 6.07 Å². The zero-order chi connectivity index (χ0) is 12.3. The number of pyridine rings is 1. The molecular weight excluding hydrogens is 335 g/mol. The smallest absolute Gasteiger partial charge is 0.258 e. The molecule has 0 aromatic carbocycles. The van der Waals surface area contributed by atoms with Crippen LogP contribution in [0.25, 0.3) is 0 Å². The van der Waals surface area contributed by atoms with Gasteiger partial charge in [0.2, 0.25) is 0 Å². The molecular formula is C8H4F2IN3O2. The third-order valence-electron chi connectivity index (χ3n) is 1.75. The van der Waals surface area contributed by atoms with E-state index in [2.05, 4.69) is 4.98 Å². The van der Waals surface area contributed by atoms with E-state index in [1.807, 2.05) is 0 Å². The minimum absolute atomic E-state index is 0.0365. The van der Waals surface area contributed by atoms with Crippen LogP contribution >= 0.6 is 22.6 Å². The molecule has 1 aromatic heterocycles. The Morgan fingerprint density at radius 1 is 1.69 bits per heavy atom. The van der Waals surface area contributed by atoms with Crippen molar-refractivity contribution >= 4 is 28.3 Å². The Balaban J connectivity index is 3.43. The van der Waals surface area contributed by atoms with Crippen LogP contribution < -0.4 is 0 Å². The quantitative estimate of drug-likeness (QED) is 0.482. The summed E-state index contributed by atoms with van der Waals surface area (Å²) in [6.45, 7) is 0. The van der Waals surface area contributed by atoms with Gasteiger partial charge in [0.1, 0.15) is 0 Å². The van der Waals surface area contributed by atoms with Gasteiger partial charge in [0.05, 0.1) is 21.0 Å². The fourth-order valence-electron chi connectivity index (χ4n) is 1.07. The lowest BCUT2D eigenvalue weighted by Crippen LogP contribution is -2.04. The Bertz CT molecular complexity index is 473. The maximum absolute atomic E-state index is 12.5. The fourth-order valence-corrected chi connectivity index (χ4v) is 1.87. The number of halogens is 3. The normalized spacial score (nSPS) is 10.2. The van der Waals surface area contributed by atoms with Crippen LogP contribution in [0.2, 0.25) is 0 Å². The van der Waals surface area contributed by atoms with Crippen LogP contribution in [0.1, 0.15) is 17.7 Å². The minimum atomic E-state index is -3.01. The summed E-state index contributed by atoms with van der Waals surface area (Å²) in [7, 11) is 0. The highest BCUT2D eigenvalue weighted by Gasteiger charge is 2.28. The van der Waals surface area contributed by atoms with Crippen molar-refractivity contribution < 1.29 is 13.7 Å². The van der Waals surface area contributed by atoms with E-state index in [0.717, 1.165) is 6.20 Å². The molecule has 1 aromatic rings. The third-order valence-corrected chi connectivity index (χ3v) is 2.95. The van der Waals surface area contributed by atoms with Crippen LogP contribution in [0.3, 0.4) is 0 Å². The van der Waals surface area contributed by atoms with Gasteiger partial charge in [0.15, 0.2) is 5.69 Å². The number of aromatic nitrogens is 1. The van der Waals surface area contributed by atoms with Gasteiger partial charge in [0.25, 0.3) is 6.43 Å². The lowest BCUT2D eigenvalue weighted by molar-refractivity contribution is -0.387. The molecule has 1 rings (SSSR count). The second-order valence-corrected chi connectivity index (χ2v) is 3.80. The van der Waals surface area contributed by atoms with Crippen LogP contribution in [0.5, 0.6) is 0 Å². The Labute approximate surface area is 102 Å². The van der Waals surface area contributed by atoms with E-state index in [1.165, 1.54) is 0 Å². The molecule has 0 radical (unpaired) electrons. The van der Waals surface area contributed by atoms with Gasteiger partial charge in [0, 0.05) is 11.8 Å². The van der Waals surface area contributed by atoms with Crippen molar-refractivity contribution in [2.24, 2.45) is 0 Å². The summed E-state index contributed by atoms with van der Waals surface area (Å²) in [5, 5.41) is 19.1. The van der Waals surface area contributed by atoms with E-state index in [1.54, 1.807) is 28.7 Å². The first-order chi connectivity index (χ1) is 7.49. The van der Waals surface area contributed by atoms with Crippen LogP contribution in [0.4, 0.5) is 14.5 Å². The van der Waals surface area contributed by atoms with Gasteiger partial charge < -0.3 is 0 Å². The van der Waals surface area contributed by atoms with Crippen LogP contribution in [0.15, 0.2) is 6.20 Å². The number of nitrogens with zero attached hydrogens (tertiary/aromatic N) is 3. The molecule has 0 saturated carbocycles. The zero-order valence-corrected chi connectivity index (χ0v) is 9.81. The molecule has 84 valence electrons. The first kappa shape index (κ1) is 12.7. The molecule has 0 N–H and O–H groups in total. The Morgan fingerprint density at radius 3 is 2.75 bits per heavy atom. The number of alkyl halides is 2. The summed E-state index contributed by atoms with van der Waals surface area (Å²) in [5.41, 5.74) is -1.31. The third kappa shape index (κ3) is 2.41. The van der Waals surface area contributed by atoms with Crippen molar-refractivity contribution in [3.05, 3.63) is 31.1 Å². The summed E-state index contributed by atoms with van der Waals surface area (Å²) in [6, 6.07) is 1.78. The predicted octanol–water partition coefficient (Wildman–Crippen LogP) is 2.60. The number of hydrogen-bond acceptors (Lipinski definition) is 4. The molecule has 8 heteroatoms. The van der Waals surface area contributed by atoms with Crippen LogP contribution in [-0.2, 0) is 6.42 Å². The molecule has 0 aliphatic heterocycles. The highest BCUT2D eigenvalue weighted by atomic mass is 127. The lowest BCUT2D eigenvalue weighted by atomic mass is 10.2. The molecule has 0 bridgehead atoms. The standard InChI is InChI=1S/C8H4F2IN3O2/c9-8(10)6-7(14(15)16)5(11)4(1-2-12)3-13-6/h3,8H,1H2. The number of nitriles is 1. The average Bonchev–Trinajstić information content (AvgIpc) is 2.20.